The Labute approximate surface area is 252 Å². The quantitative estimate of drug-likeness (QED) is 0.319. The lowest BCUT2D eigenvalue weighted by molar-refractivity contribution is -0.140. The van der Waals surface area contributed by atoms with Crippen molar-refractivity contribution in [2.24, 2.45) is 5.92 Å². The molecule has 3 aromatic carbocycles. The molecule has 3 aromatic rings. The third kappa shape index (κ3) is 7.84. The van der Waals surface area contributed by atoms with Crippen molar-refractivity contribution in [3.8, 4) is 11.5 Å². The Morgan fingerprint density at radius 3 is 2.23 bits per heavy atom. The minimum absolute atomic E-state index is 0.0913. The Balaban J connectivity index is 1.73. The lowest BCUT2D eigenvalue weighted by Gasteiger charge is -2.33. The van der Waals surface area contributed by atoms with Crippen molar-refractivity contribution in [2.75, 3.05) is 30.6 Å². The molecule has 0 bridgehead atoms. The lowest BCUT2D eigenvalue weighted by Crippen LogP contribution is -2.52. The molecule has 1 aliphatic heterocycles. The average Bonchev–Trinajstić information content (AvgIpc) is 2.99. The molecule has 0 unspecified atom stereocenters. The molecule has 2 amide bonds. The Hall–Kier alpha value is -4.12. The number of rotatable bonds is 12. The maximum Gasteiger partial charge on any atom is 0.264 e. The Bertz CT molecular complexity index is 1530. The number of sulfonamides is 1. The van der Waals surface area contributed by atoms with Crippen LogP contribution in [0.25, 0.3) is 0 Å². The van der Waals surface area contributed by atoms with Gasteiger partial charge in [0.05, 0.1) is 10.6 Å². The number of hydrogen-bond donors (Lipinski definition) is 1. The molecule has 1 heterocycles. The minimum Gasteiger partial charge on any atom is -0.486 e. The van der Waals surface area contributed by atoms with Gasteiger partial charge in [0.1, 0.15) is 31.6 Å². The fourth-order valence-corrected chi connectivity index (χ4v) is 6.11. The number of ether oxygens (including phenoxy) is 2. The zero-order chi connectivity index (χ0) is 31.1. The highest BCUT2D eigenvalue weighted by Crippen LogP contribution is 2.34. The van der Waals surface area contributed by atoms with Crippen LogP contribution in [0, 0.1) is 18.7 Å². The van der Waals surface area contributed by atoms with Crippen LogP contribution in [0.5, 0.6) is 11.5 Å². The molecule has 0 saturated heterocycles. The first-order chi connectivity index (χ1) is 20.5. The van der Waals surface area contributed by atoms with Gasteiger partial charge in [0.25, 0.3) is 10.0 Å². The second kappa shape index (κ2) is 13.9. The number of carbonyl (C=O) groups is 2. The smallest absolute Gasteiger partial charge is 0.264 e. The molecule has 0 aliphatic carbocycles. The summed E-state index contributed by atoms with van der Waals surface area (Å²) in [7, 11) is -4.35. The fourth-order valence-electron chi connectivity index (χ4n) is 4.68. The molecule has 1 aliphatic rings. The summed E-state index contributed by atoms with van der Waals surface area (Å²) >= 11 is 0. The van der Waals surface area contributed by atoms with E-state index in [9.17, 15) is 22.4 Å². The molecular formula is C32H38FN3O6S. The van der Waals surface area contributed by atoms with E-state index < -0.39 is 34.3 Å². The molecule has 43 heavy (non-hydrogen) atoms. The fraction of sp³-hybridized carbons (Fsp3) is 0.375. The summed E-state index contributed by atoms with van der Waals surface area (Å²) in [5.41, 5.74) is 1.92. The summed E-state index contributed by atoms with van der Waals surface area (Å²) in [5, 5.41) is 2.91. The van der Waals surface area contributed by atoms with Crippen LogP contribution in [-0.2, 0) is 26.2 Å². The molecule has 0 spiro atoms. The van der Waals surface area contributed by atoms with Gasteiger partial charge in [-0.15, -0.1) is 0 Å². The third-order valence-electron chi connectivity index (χ3n) is 7.04. The van der Waals surface area contributed by atoms with Gasteiger partial charge < -0.3 is 19.7 Å². The summed E-state index contributed by atoms with van der Waals surface area (Å²) < 4.78 is 54.1. The van der Waals surface area contributed by atoms with Gasteiger partial charge in [-0.1, -0.05) is 50.6 Å². The van der Waals surface area contributed by atoms with Crippen molar-refractivity contribution in [1.82, 2.24) is 10.2 Å². The van der Waals surface area contributed by atoms with E-state index in [0.717, 1.165) is 27.6 Å². The van der Waals surface area contributed by atoms with E-state index in [-0.39, 0.29) is 41.3 Å². The first kappa shape index (κ1) is 31.8. The number of nitrogens with zero attached hydrogens (tertiary/aromatic N) is 2. The first-order valence-corrected chi connectivity index (χ1v) is 15.7. The van der Waals surface area contributed by atoms with E-state index in [1.54, 1.807) is 6.92 Å². The zero-order valence-corrected chi connectivity index (χ0v) is 25.7. The second-order valence-electron chi connectivity index (χ2n) is 10.9. The summed E-state index contributed by atoms with van der Waals surface area (Å²) in [6.07, 6.45) is 0.312. The second-order valence-corrected chi connectivity index (χ2v) is 12.7. The van der Waals surface area contributed by atoms with Crippen LogP contribution < -0.4 is 19.1 Å². The molecule has 9 nitrogen and oxygen atoms in total. The molecule has 0 fully saturated rings. The monoisotopic (exact) mass is 611 g/mol. The summed E-state index contributed by atoms with van der Waals surface area (Å²) in [5.74, 6) is -0.575. The van der Waals surface area contributed by atoms with Crippen LogP contribution in [-0.4, -0.2) is 57.5 Å². The minimum atomic E-state index is -4.35. The highest BCUT2D eigenvalue weighted by molar-refractivity contribution is 7.92. The normalized spacial score (nSPS) is 13.3. The van der Waals surface area contributed by atoms with Crippen LogP contribution in [0.15, 0.2) is 71.6 Å². The molecule has 0 radical (unpaired) electrons. The van der Waals surface area contributed by atoms with E-state index in [0.29, 0.717) is 25.3 Å². The molecule has 0 saturated carbocycles. The molecular weight excluding hydrogens is 573 g/mol. The van der Waals surface area contributed by atoms with Gasteiger partial charge in [0.15, 0.2) is 11.5 Å². The van der Waals surface area contributed by atoms with Crippen molar-refractivity contribution in [3.05, 3.63) is 83.7 Å². The summed E-state index contributed by atoms with van der Waals surface area (Å²) in [4.78, 5) is 28.7. The molecule has 0 aromatic heterocycles. The number of fused-ring (bicyclic) bond motifs is 1. The summed E-state index contributed by atoms with van der Waals surface area (Å²) in [6, 6.07) is 15.8. The number of halogens is 1. The topological polar surface area (TPSA) is 105 Å². The van der Waals surface area contributed by atoms with E-state index >= 15 is 0 Å². The lowest BCUT2D eigenvalue weighted by atomic mass is 10.1. The maximum absolute atomic E-state index is 14.1. The predicted molar refractivity (Wildman–Crippen MR) is 162 cm³/mol. The molecule has 1 N–H and O–H groups in total. The van der Waals surface area contributed by atoms with Crippen molar-refractivity contribution < 1.29 is 31.9 Å². The van der Waals surface area contributed by atoms with Crippen LogP contribution in [0.2, 0.25) is 0 Å². The third-order valence-corrected chi connectivity index (χ3v) is 8.81. The molecule has 4 rings (SSSR count). The van der Waals surface area contributed by atoms with Crippen LogP contribution in [0.1, 0.15) is 38.3 Å². The van der Waals surface area contributed by atoms with Gasteiger partial charge >= 0.3 is 0 Å². The predicted octanol–water partition coefficient (Wildman–Crippen LogP) is 4.68. The van der Waals surface area contributed by atoms with Crippen molar-refractivity contribution in [1.29, 1.82) is 0 Å². The maximum atomic E-state index is 14.1. The SMILES string of the molecule is CC[C@H](C(=O)NCC(C)C)N(Cc1ccc(C)cc1)C(=O)CN(c1ccc(F)cc1)S(=O)(=O)c1ccc2c(c1)OCCO2. The first-order valence-electron chi connectivity index (χ1n) is 14.3. The highest BCUT2D eigenvalue weighted by Gasteiger charge is 2.34. The number of carbonyl (C=O) groups excluding carboxylic acids is 2. The molecule has 230 valence electrons. The molecule has 11 heteroatoms. The van der Waals surface area contributed by atoms with E-state index in [1.165, 1.54) is 35.2 Å². The van der Waals surface area contributed by atoms with Gasteiger partial charge in [-0.25, -0.2) is 12.8 Å². The van der Waals surface area contributed by atoms with E-state index in [1.807, 2.05) is 45.0 Å². The summed E-state index contributed by atoms with van der Waals surface area (Å²) in [6.45, 7) is 8.21. The van der Waals surface area contributed by atoms with Gasteiger partial charge in [-0.05, 0) is 61.2 Å². The highest BCUT2D eigenvalue weighted by atomic mass is 32.2. The Morgan fingerprint density at radius 2 is 1.60 bits per heavy atom. The standard InChI is InChI=1S/C32H38FN3O6S/c1-5-28(32(38)34-19-22(2)3)35(20-24-8-6-23(4)7-9-24)31(37)21-36(26-12-10-25(33)11-13-26)43(39,40)27-14-15-29-30(18-27)42-17-16-41-29/h6-15,18,22,28H,5,16-17,19-21H2,1-4H3,(H,34,38)/t28-/m1/s1. The van der Waals surface area contributed by atoms with E-state index in [2.05, 4.69) is 5.32 Å². The van der Waals surface area contributed by atoms with Crippen LogP contribution in [0.4, 0.5) is 10.1 Å². The average molecular weight is 612 g/mol. The number of nitrogens with one attached hydrogen (secondary N) is 1. The van der Waals surface area contributed by atoms with Crippen LogP contribution >= 0.6 is 0 Å². The largest absolute Gasteiger partial charge is 0.486 e. The zero-order valence-electron chi connectivity index (χ0n) is 24.9. The van der Waals surface area contributed by atoms with Gasteiger partial charge in [-0.3, -0.25) is 13.9 Å². The molecule has 1 atom stereocenters. The number of benzene rings is 3. The van der Waals surface area contributed by atoms with Gasteiger partial charge in [0, 0.05) is 19.2 Å². The van der Waals surface area contributed by atoms with Gasteiger partial charge in [-0.2, -0.15) is 0 Å². The van der Waals surface area contributed by atoms with Crippen molar-refractivity contribution >= 4 is 27.5 Å². The number of anilines is 1. The Kier molecular flexibility index (Phi) is 10.3. The number of aryl methyl sites for hydroxylation is 1. The van der Waals surface area contributed by atoms with Crippen molar-refractivity contribution in [2.45, 2.75) is 51.6 Å². The van der Waals surface area contributed by atoms with Gasteiger partial charge in [0.2, 0.25) is 11.8 Å². The van der Waals surface area contributed by atoms with Crippen molar-refractivity contribution in [3.63, 3.8) is 0 Å². The number of hydrogen-bond acceptors (Lipinski definition) is 6. The van der Waals surface area contributed by atoms with Crippen LogP contribution in [0.3, 0.4) is 0 Å². The number of amides is 2. The van der Waals surface area contributed by atoms with E-state index in [4.69, 9.17) is 9.47 Å². The Morgan fingerprint density at radius 1 is 0.953 bits per heavy atom.